The number of rotatable bonds is 4. The van der Waals surface area contributed by atoms with Gasteiger partial charge in [0.1, 0.15) is 0 Å². The van der Waals surface area contributed by atoms with Crippen LogP contribution in [0.1, 0.15) is 63.9 Å². The van der Waals surface area contributed by atoms with Crippen LogP contribution in [0.5, 0.6) is 0 Å². The van der Waals surface area contributed by atoms with E-state index in [0.717, 1.165) is 48.9 Å². The number of carbonyl (C=O) groups excluding carboxylic acids is 1. The van der Waals surface area contributed by atoms with Crippen molar-refractivity contribution >= 4 is 5.91 Å². The van der Waals surface area contributed by atoms with E-state index in [-0.39, 0.29) is 11.9 Å². The summed E-state index contributed by atoms with van der Waals surface area (Å²) >= 11 is 0. The summed E-state index contributed by atoms with van der Waals surface area (Å²) in [6, 6.07) is 12.4. The monoisotopic (exact) mass is 415 g/mol. The Hall–Kier alpha value is -2.92. The van der Waals surface area contributed by atoms with E-state index in [1.165, 1.54) is 22.3 Å². The number of aliphatic hydroxyl groups is 1. The number of benzene rings is 2. The first-order chi connectivity index (χ1) is 15.0. The Morgan fingerprint density at radius 2 is 1.87 bits per heavy atom. The normalized spacial score (nSPS) is 20.9. The van der Waals surface area contributed by atoms with E-state index in [1.807, 2.05) is 21.8 Å². The largest absolute Gasteiger partial charge is 0.391 e. The number of carbonyl (C=O) groups is 1. The lowest BCUT2D eigenvalue weighted by molar-refractivity contribution is 0.0191. The minimum absolute atomic E-state index is 0.0494. The second-order valence-electron chi connectivity index (χ2n) is 8.96. The average molecular weight is 416 g/mol. The molecule has 160 valence electrons. The Labute approximate surface area is 183 Å². The van der Waals surface area contributed by atoms with E-state index in [0.29, 0.717) is 6.54 Å². The molecule has 0 saturated heterocycles. The number of amides is 1. The van der Waals surface area contributed by atoms with Crippen molar-refractivity contribution in [3.63, 3.8) is 0 Å². The molecule has 5 nitrogen and oxygen atoms in total. The Morgan fingerprint density at radius 1 is 1.10 bits per heavy atom. The Kier molecular flexibility index (Phi) is 5.14. The van der Waals surface area contributed by atoms with E-state index in [2.05, 4.69) is 49.3 Å². The maximum absolute atomic E-state index is 13.3. The number of aromatic nitrogens is 2. The van der Waals surface area contributed by atoms with Crippen molar-refractivity contribution in [3.05, 3.63) is 82.2 Å². The molecule has 0 radical (unpaired) electrons. The fraction of sp³-hybridized carbons (Fsp3) is 0.385. The predicted octanol–water partition coefficient (Wildman–Crippen LogP) is 4.34. The van der Waals surface area contributed by atoms with Gasteiger partial charge in [-0.05, 0) is 85.2 Å². The SMILES string of the molecule is Cc1c(Cc2ccc(-n3cccn3)cc2)cc2c(c1C)CN([C@@H]1CCCC[C@H]1O)C2=O. The number of fused-ring (bicyclic) bond motifs is 1. The van der Waals surface area contributed by atoms with Gasteiger partial charge in [0.25, 0.3) is 5.91 Å². The van der Waals surface area contributed by atoms with Gasteiger partial charge in [0.2, 0.25) is 0 Å². The van der Waals surface area contributed by atoms with Gasteiger partial charge in [0.15, 0.2) is 0 Å². The first-order valence-electron chi connectivity index (χ1n) is 11.2. The summed E-state index contributed by atoms with van der Waals surface area (Å²) in [5, 5.41) is 14.8. The fourth-order valence-corrected chi connectivity index (χ4v) is 5.14. The molecule has 2 atom stereocenters. The highest BCUT2D eigenvalue weighted by Gasteiger charge is 2.38. The van der Waals surface area contributed by atoms with E-state index in [1.54, 1.807) is 6.20 Å². The summed E-state index contributed by atoms with van der Waals surface area (Å²) in [6.45, 7) is 4.92. The Morgan fingerprint density at radius 3 is 2.58 bits per heavy atom. The van der Waals surface area contributed by atoms with Crippen LogP contribution in [0.3, 0.4) is 0 Å². The van der Waals surface area contributed by atoms with Crippen molar-refractivity contribution in [3.8, 4) is 5.69 Å². The zero-order valence-electron chi connectivity index (χ0n) is 18.2. The van der Waals surface area contributed by atoms with E-state index in [9.17, 15) is 9.90 Å². The van der Waals surface area contributed by atoms with Crippen LogP contribution in [0, 0.1) is 13.8 Å². The average Bonchev–Trinajstić information content (AvgIpc) is 3.42. The molecule has 1 N–H and O–H groups in total. The molecule has 1 saturated carbocycles. The van der Waals surface area contributed by atoms with Crippen molar-refractivity contribution in [2.24, 2.45) is 0 Å². The van der Waals surface area contributed by atoms with E-state index >= 15 is 0 Å². The second-order valence-corrected chi connectivity index (χ2v) is 8.96. The van der Waals surface area contributed by atoms with Crippen LogP contribution in [-0.4, -0.2) is 37.8 Å². The molecule has 5 heteroatoms. The molecule has 31 heavy (non-hydrogen) atoms. The quantitative estimate of drug-likeness (QED) is 0.690. The number of hydrogen-bond donors (Lipinski definition) is 1. The molecular weight excluding hydrogens is 386 g/mol. The molecule has 1 aliphatic heterocycles. The Balaban J connectivity index is 1.41. The maximum Gasteiger partial charge on any atom is 0.254 e. The van der Waals surface area contributed by atoms with Gasteiger partial charge < -0.3 is 10.0 Å². The van der Waals surface area contributed by atoms with Crippen LogP contribution in [0.2, 0.25) is 0 Å². The van der Waals surface area contributed by atoms with Crippen LogP contribution < -0.4 is 0 Å². The molecule has 1 amide bonds. The molecule has 0 bridgehead atoms. The van der Waals surface area contributed by atoms with Gasteiger partial charge in [-0.3, -0.25) is 4.79 Å². The molecule has 5 rings (SSSR count). The fourth-order valence-electron chi connectivity index (χ4n) is 5.14. The zero-order chi connectivity index (χ0) is 21.5. The van der Waals surface area contributed by atoms with E-state index < -0.39 is 6.10 Å². The molecule has 2 aromatic carbocycles. The highest BCUT2D eigenvalue weighted by atomic mass is 16.3. The van der Waals surface area contributed by atoms with Crippen LogP contribution in [0.4, 0.5) is 0 Å². The lowest BCUT2D eigenvalue weighted by Gasteiger charge is -2.35. The predicted molar refractivity (Wildman–Crippen MR) is 120 cm³/mol. The smallest absolute Gasteiger partial charge is 0.254 e. The molecule has 2 aliphatic rings. The molecule has 1 aliphatic carbocycles. The van der Waals surface area contributed by atoms with Gasteiger partial charge in [-0.1, -0.05) is 25.0 Å². The van der Waals surface area contributed by atoms with Gasteiger partial charge in [-0.25, -0.2) is 4.68 Å². The van der Waals surface area contributed by atoms with Gasteiger partial charge >= 0.3 is 0 Å². The first kappa shape index (κ1) is 20.0. The number of nitrogens with zero attached hydrogens (tertiary/aromatic N) is 3. The van der Waals surface area contributed by atoms with Crippen molar-refractivity contribution in [2.75, 3.05) is 0 Å². The highest BCUT2D eigenvalue weighted by Crippen LogP contribution is 2.35. The second kappa shape index (κ2) is 7.97. The number of hydrogen-bond acceptors (Lipinski definition) is 3. The molecule has 1 aromatic heterocycles. The first-order valence-corrected chi connectivity index (χ1v) is 11.2. The van der Waals surface area contributed by atoms with Crippen LogP contribution in [-0.2, 0) is 13.0 Å². The molecule has 3 aromatic rings. The summed E-state index contributed by atoms with van der Waals surface area (Å²) < 4.78 is 1.85. The van der Waals surface area contributed by atoms with Crippen LogP contribution in [0.25, 0.3) is 5.69 Å². The van der Waals surface area contributed by atoms with Gasteiger partial charge in [-0.2, -0.15) is 5.10 Å². The summed E-state index contributed by atoms with van der Waals surface area (Å²) in [4.78, 5) is 15.2. The topological polar surface area (TPSA) is 58.4 Å². The lowest BCUT2D eigenvalue weighted by Crippen LogP contribution is -2.45. The van der Waals surface area contributed by atoms with Crippen molar-refractivity contribution in [1.82, 2.24) is 14.7 Å². The third-order valence-electron chi connectivity index (χ3n) is 7.15. The minimum Gasteiger partial charge on any atom is -0.391 e. The summed E-state index contributed by atoms with van der Waals surface area (Å²) in [5.41, 5.74) is 7.87. The summed E-state index contributed by atoms with van der Waals surface area (Å²) in [6.07, 6.45) is 7.92. The van der Waals surface area contributed by atoms with Crippen molar-refractivity contribution in [2.45, 2.75) is 64.6 Å². The summed E-state index contributed by atoms with van der Waals surface area (Å²) in [7, 11) is 0. The summed E-state index contributed by atoms with van der Waals surface area (Å²) in [5.74, 6) is 0.0827. The van der Waals surface area contributed by atoms with E-state index in [4.69, 9.17) is 0 Å². The van der Waals surface area contributed by atoms with Crippen LogP contribution >= 0.6 is 0 Å². The van der Waals surface area contributed by atoms with Crippen molar-refractivity contribution < 1.29 is 9.90 Å². The highest BCUT2D eigenvalue weighted by molar-refractivity contribution is 5.99. The standard InChI is InChI=1S/C26H29N3O2/c1-17-18(2)23-16-28(24-6-3-4-7-25(24)30)26(31)22(23)15-20(17)14-19-8-10-21(11-9-19)29-13-5-12-27-29/h5,8-13,15,24-25,30H,3-4,6-7,14,16H2,1-2H3/t24-,25-/m1/s1. The molecule has 0 spiro atoms. The minimum atomic E-state index is -0.402. The molecule has 0 unspecified atom stereocenters. The van der Waals surface area contributed by atoms with Crippen LogP contribution in [0.15, 0.2) is 48.8 Å². The third-order valence-corrected chi connectivity index (χ3v) is 7.15. The van der Waals surface area contributed by atoms with Gasteiger partial charge in [-0.15, -0.1) is 0 Å². The molecule has 1 fully saturated rings. The molecular formula is C26H29N3O2. The van der Waals surface area contributed by atoms with Gasteiger partial charge in [0.05, 0.1) is 17.8 Å². The third kappa shape index (κ3) is 3.57. The number of aliphatic hydroxyl groups excluding tert-OH is 1. The zero-order valence-corrected chi connectivity index (χ0v) is 18.2. The maximum atomic E-state index is 13.3. The van der Waals surface area contributed by atoms with Crippen molar-refractivity contribution in [1.29, 1.82) is 0 Å². The van der Waals surface area contributed by atoms with Gasteiger partial charge in [0, 0.05) is 24.5 Å². The molecule has 2 heterocycles. The lowest BCUT2D eigenvalue weighted by atomic mass is 9.91. The Bertz CT molecular complexity index is 1100.